The first-order valence-corrected chi connectivity index (χ1v) is 8.58. The summed E-state index contributed by atoms with van der Waals surface area (Å²) in [5.41, 5.74) is 7.33. The molecule has 0 spiro atoms. The number of nitrogens with two attached hydrogens (primary N) is 1. The van der Waals surface area contributed by atoms with E-state index in [-0.39, 0.29) is 0 Å². The highest BCUT2D eigenvalue weighted by Crippen LogP contribution is 2.16. The normalized spacial score (nSPS) is 11.5. The van der Waals surface area contributed by atoms with E-state index in [0.717, 1.165) is 23.5 Å². The molecule has 0 amide bonds. The molecule has 0 aliphatic heterocycles. The maximum atomic E-state index is 5.69. The van der Waals surface area contributed by atoms with Gasteiger partial charge in [-0.1, -0.05) is 11.8 Å². The molecule has 0 saturated carbocycles. The van der Waals surface area contributed by atoms with Gasteiger partial charge in [0.2, 0.25) is 0 Å². The molecule has 3 N–H and O–H groups in total. The first-order valence-electron chi connectivity index (χ1n) is 6.37. The zero-order valence-corrected chi connectivity index (χ0v) is 15.0. The summed E-state index contributed by atoms with van der Waals surface area (Å²) in [5, 5.41) is 3.81. The fourth-order valence-corrected chi connectivity index (χ4v) is 2.46. The number of rotatable bonds is 6. The molecule has 116 valence electrons. The topological polar surface area (TPSA) is 62.9 Å². The fraction of sp³-hybridized carbons (Fsp3) is 0.385. The average Bonchev–Trinajstić information content (AvgIpc) is 2.40. The number of amidine groups is 1. The van der Waals surface area contributed by atoms with Crippen LogP contribution in [-0.2, 0) is 0 Å². The van der Waals surface area contributed by atoms with Gasteiger partial charge in [-0.3, -0.25) is 0 Å². The van der Waals surface area contributed by atoms with E-state index in [2.05, 4.69) is 24.4 Å². The summed E-state index contributed by atoms with van der Waals surface area (Å²) in [6.45, 7) is 1.54. The van der Waals surface area contributed by atoms with Crippen molar-refractivity contribution in [1.82, 2.24) is 4.90 Å². The van der Waals surface area contributed by atoms with Crippen molar-refractivity contribution >= 4 is 49.2 Å². The van der Waals surface area contributed by atoms with Crippen LogP contribution in [0.5, 0.6) is 5.75 Å². The molecule has 0 fully saturated rings. The van der Waals surface area contributed by atoms with Crippen LogP contribution < -0.4 is 15.8 Å². The Kier molecular flexibility index (Phi) is 8.61. The molecule has 21 heavy (non-hydrogen) atoms. The summed E-state index contributed by atoms with van der Waals surface area (Å²) in [6.07, 6.45) is 0. The molecular formula is C13H21N4OPS2. The van der Waals surface area contributed by atoms with Gasteiger partial charge < -0.3 is 20.7 Å². The number of thiocarbonyl (C=S) groups is 1. The second kappa shape index (κ2) is 9.95. The third-order valence-electron chi connectivity index (χ3n) is 2.36. The van der Waals surface area contributed by atoms with Crippen molar-refractivity contribution in [2.45, 2.75) is 0 Å². The smallest absolute Gasteiger partial charge is 0.199 e. The molecule has 1 unspecified atom stereocenters. The summed E-state index contributed by atoms with van der Waals surface area (Å²) in [6, 6.07) is 7.58. The van der Waals surface area contributed by atoms with E-state index >= 15 is 0 Å². The standard InChI is InChI=1S/C13H21N4OPS2/c1-17(2)7-8-18-11-5-3-10(4-6-11)15-13(20)16-12(14)21-9-19/h3-6H,7-9,19H2,1-2H3,(H3,14,15,16,20). The van der Waals surface area contributed by atoms with E-state index < -0.39 is 0 Å². The largest absolute Gasteiger partial charge is 0.492 e. The molecule has 0 aliphatic carbocycles. The van der Waals surface area contributed by atoms with E-state index in [4.69, 9.17) is 22.7 Å². The van der Waals surface area contributed by atoms with Crippen molar-refractivity contribution < 1.29 is 4.74 Å². The SMILES string of the molecule is CN(C)CCOc1ccc(NC(=S)N=C(N)SCP)cc1. The van der Waals surface area contributed by atoms with Crippen molar-refractivity contribution in [3.8, 4) is 5.75 Å². The minimum atomic E-state index is 0.347. The molecule has 0 saturated heterocycles. The van der Waals surface area contributed by atoms with Crippen LogP contribution >= 0.6 is 33.2 Å². The number of nitrogens with zero attached hydrogens (tertiary/aromatic N) is 2. The molecule has 0 aliphatic rings. The lowest BCUT2D eigenvalue weighted by Gasteiger charge is -2.11. The van der Waals surface area contributed by atoms with E-state index in [1.807, 2.05) is 38.4 Å². The maximum absolute atomic E-state index is 5.69. The van der Waals surface area contributed by atoms with Crippen molar-refractivity contribution in [1.29, 1.82) is 0 Å². The van der Waals surface area contributed by atoms with Gasteiger partial charge in [0.15, 0.2) is 10.3 Å². The minimum absolute atomic E-state index is 0.347. The second-order valence-corrected chi connectivity index (χ2v) is 6.79. The molecule has 1 aromatic carbocycles. The van der Waals surface area contributed by atoms with Gasteiger partial charge in [0.1, 0.15) is 12.4 Å². The third kappa shape index (κ3) is 8.21. The number of thioether (sulfide) groups is 1. The van der Waals surface area contributed by atoms with Crippen molar-refractivity contribution in [3.63, 3.8) is 0 Å². The van der Waals surface area contributed by atoms with Gasteiger partial charge in [-0.25, -0.2) is 0 Å². The Morgan fingerprint density at radius 2 is 2.10 bits per heavy atom. The molecule has 1 aromatic rings. The number of anilines is 1. The second-order valence-electron chi connectivity index (χ2n) is 4.37. The zero-order valence-electron chi connectivity index (χ0n) is 12.2. The molecule has 8 heteroatoms. The quantitative estimate of drug-likeness (QED) is 0.357. The number of benzene rings is 1. The van der Waals surface area contributed by atoms with Gasteiger partial charge in [-0.2, -0.15) is 4.99 Å². The lowest BCUT2D eigenvalue weighted by molar-refractivity contribution is 0.261. The molecule has 5 nitrogen and oxygen atoms in total. The van der Waals surface area contributed by atoms with Crippen LogP contribution in [0.2, 0.25) is 0 Å². The summed E-state index contributed by atoms with van der Waals surface area (Å²) in [4.78, 5) is 6.15. The lowest BCUT2D eigenvalue weighted by atomic mass is 10.3. The molecule has 0 bridgehead atoms. The average molecular weight is 344 g/mol. The van der Waals surface area contributed by atoms with Crippen LogP contribution in [-0.4, -0.2) is 47.9 Å². The van der Waals surface area contributed by atoms with E-state index in [1.54, 1.807) is 0 Å². The molecule has 1 rings (SSSR count). The highest BCUT2D eigenvalue weighted by molar-refractivity contribution is 8.16. The zero-order chi connectivity index (χ0) is 15.7. The highest BCUT2D eigenvalue weighted by atomic mass is 32.2. The lowest BCUT2D eigenvalue weighted by Crippen LogP contribution is -2.19. The van der Waals surface area contributed by atoms with E-state index in [0.29, 0.717) is 16.9 Å². The van der Waals surface area contributed by atoms with Crippen LogP contribution in [0, 0.1) is 0 Å². The van der Waals surface area contributed by atoms with Gasteiger partial charge >= 0.3 is 0 Å². The molecule has 0 radical (unpaired) electrons. The number of ether oxygens (including phenoxy) is 1. The van der Waals surface area contributed by atoms with Crippen molar-refractivity contribution in [3.05, 3.63) is 24.3 Å². The Morgan fingerprint density at radius 1 is 1.43 bits per heavy atom. The highest BCUT2D eigenvalue weighted by Gasteiger charge is 2.00. The number of aliphatic imine (C=N–C) groups is 1. The van der Waals surface area contributed by atoms with Crippen molar-refractivity contribution in [2.75, 3.05) is 38.1 Å². The van der Waals surface area contributed by atoms with Gasteiger partial charge in [0.25, 0.3) is 0 Å². The monoisotopic (exact) mass is 344 g/mol. The van der Waals surface area contributed by atoms with Gasteiger partial charge in [0, 0.05) is 17.7 Å². The number of hydrogen-bond acceptors (Lipinski definition) is 4. The summed E-state index contributed by atoms with van der Waals surface area (Å²) in [5.74, 6) is 0.829. The molecule has 0 heterocycles. The molecule has 0 aromatic heterocycles. The minimum Gasteiger partial charge on any atom is -0.492 e. The van der Waals surface area contributed by atoms with Gasteiger partial charge in [-0.05, 0) is 50.6 Å². The first kappa shape index (κ1) is 18.2. The van der Waals surface area contributed by atoms with Crippen LogP contribution in [0.4, 0.5) is 5.69 Å². The molecular weight excluding hydrogens is 323 g/mol. The van der Waals surface area contributed by atoms with Crippen LogP contribution in [0.25, 0.3) is 0 Å². The van der Waals surface area contributed by atoms with Crippen molar-refractivity contribution in [2.24, 2.45) is 10.7 Å². The Hall–Kier alpha value is -0.880. The summed E-state index contributed by atoms with van der Waals surface area (Å²) in [7, 11) is 6.60. The number of nitrogens with one attached hydrogen (secondary N) is 1. The maximum Gasteiger partial charge on any atom is 0.199 e. The first-order chi connectivity index (χ1) is 10.0. The number of hydrogen-bond donors (Lipinski definition) is 2. The number of likely N-dealkylation sites (N-methyl/N-ethyl adjacent to an activating group) is 1. The fourth-order valence-electron chi connectivity index (χ4n) is 1.35. The van der Waals surface area contributed by atoms with Crippen LogP contribution in [0.1, 0.15) is 0 Å². The third-order valence-corrected chi connectivity index (χ3v) is 3.60. The van der Waals surface area contributed by atoms with Gasteiger partial charge in [-0.15, -0.1) is 9.24 Å². The Balaban J connectivity index is 2.47. The Morgan fingerprint density at radius 3 is 2.67 bits per heavy atom. The van der Waals surface area contributed by atoms with E-state index in [9.17, 15) is 0 Å². The predicted octanol–water partition coefficient (Wildman–Crippen LogP) is 2.20. The van der Waals surface area contributed by atoms with Crippen LogP contribution in [0.15, 0.2) is 29.3 Å². The molecule has 1 atom stereocenters. The predicted molar refractivity (Wildman–Crippen MR) is 101 cm³/mol. The van der Waals surface area contributed by atoms with Gasteiger partial charge in [0.05, 0.1) is 0 Å². The Bertz CT molecular complexity index is 480. The Labute approximate surface area is 137 Å². The summed E-state index contributed by atoms with van der Waals surface area (Å²) >= 11 is 6.55. The van der Waals surface area contributed by atoms with E-state index in [1.165, 1.54) is 11.8 Å². The van der Waals surface area contributed by atoms with Crippen LogP contribution in [0.3, 0.4) is 0 Å². The summed E-state index contributed by atoms with van der Waals surface area (Å²) < 4.78 is 5.62.